The Morgan fingerprint density at radius 2 is 2.05 bits per heavy atom. The molecular weight excluding hydrogens is 593 g/mol. The van der Waals surface area contributed by atoms with Gasteiger partial charge in [-0.05, 0) is 6.92 Å². The highest BCUT2D eigenvalue weighted by Crippen LogP contribution is 2.57. The predicted octanol–water partition coefficient (Wildman–Crippen LogP) is 1.49. The lowest BCUT2D eigenvalue weighted by Crippen LogP contribution is -2.29. The molecule has 4 aromatic rings. The highest BCUT2D eigenvalue weighted by Gasteiger charge is 2.48. The molecule has 1 aliphatic heterocycles. The topological polar surface area (TPSA) is 222 Å². The number of nitrogen functional groups attached to an aromatic ring is 2. The van der Waals surface area contributed by atoms with Gasteiger partial charge in [-0.2, -0.15) is 4.98 Å². The van der Waals surface area contributed by atoms with Gasteiger partial charge in [0.1, 0.15) is 30.4 Å². The first-order chi connectivity index (χ1) is 19.1. The second-order valence-corrected chi connectivity index (χ2v) is 12.2. The molecule has 0 aromatic carbocycles. The number of nitrogens with zero attached hydrogens (tertiary/aromatic N) is 7. The number of aromatic nitrogens is 8. The summed E-state index contributed by atoms with van der Waals surface area (Å²) in [5.41, 5.74) is 11.7. The normalized spacial score (nSPS) is 23.1. The fourth-order valence-electron chi connectivity index (χ4n) is 4.17. The molecular formula is C19H25FN10O7P2S. The van der Waals surface area contributed by atoms with Crippen molar-refractivity contribution in [2.24, 2.45) is 0 Å². The third-order valence-electron chi connectivity index (χ3n) is 5.93. The lowest BCUT2D eigenvalue weighted by molar-refractivity contribution is -0.0252. The van der Waals surface area contributed by atoms with Crippen LogP contribution in [0.25, 0.3) is 22.3 Å². The number of ether oxygens (including phenoxy) is 1. The van der Waals surface area contributed by atoms with Crippen LogP contribution in [0, 0.1) is 0 Å². The van der Waals surface area contributed by atoms with Crippen LogP contribution in [0.5, 0.6) is 0 Å². The number of thiol groups is 1. The van der Waals surface area contributed by atoms with E-state index in [4.69, 9.17) is 34.3 Å². The van der Waals surface area contributed by atoms with Crippen LogP contribution in [0.2, 0.25) is 0 Å². The van der Waals surface area contributed by atoms with Gasteiger partial charge < -0.3 is 29.8 Å². The lowest BCUT2D eigenvalue weighted by atomic mass is 10.2. The van der Waals surface area contributed by atoms with Gasteiger partial charge in [0, 0.05) is 13.7 Å². The van der Waals surface area contributed by atoms with E-state index in [0.29, 0.717) is 0 Å². The van der Waals surface area contributed by atoms with Crippen LogP contribution in [0.15, 0.2) is 17.4 Å². The summed E-state index contributed by atoms with van der Waals surface area (Å²) in [6.07, 6.45) is -2.61. The SMILES string of the molecule is COPOCCn1c(COP(=O)(S)O[C@H]2C(n3cnc4c(N)ncnc43)O[C@H](C)[C@H]2F)nc2c(=O)[nH]c(N)nc21. The molecule has 21 heteroatoms. The van der Waals surface area contributed by atoms with Gasteiger partial charge in [0.15, 0.2) is 44.1 Å². The third kappa shape index (κ3) is 5.69. The number of halogens is 1. The van der Waals surface area contributed by atoms with Crippen LogP contribution in [0.3, 0.4) is 0 Å². The molecule has 0 spiro atoms. The number of alkyl halides is 1. The Bertz CT molecular complexity index is 1640. The average Bonchev–Trinajstić information content (AvgIpc) is 3.56. The summed E-state index contributed by atoms with van der Waals surface area (Å²) < 4.78 is 58.5. The van der Waals surface area contributed by atoms with E-state index >= 15 is 4.39 Å². The van der Waals surface area contributed by atoms with E-state index in [1.165, 1.54) is 35.8 Å². The molecule has 0 bridgehead atoms. The fourth-order valence-corrected chi connectivity index (χ4v) is 5.83. The zero-order valence-corrected chi connectivity index (χ0v) is 23.8. The summed E-state index contributed by atoms with van der Waals surface area (Å²) in [7, 11) is 1.28. The quantitative estimate of drug-likeness (QED) is 0.106. The van der Waals surface area contributed by atoms with E-state index in [0.717, 1.165) is 0 Å². The molecule has 0 aliphatic carbocycles. The minimum atomic E-state index is -4.25. The summed E-state index contributed by atoms with van der Waals surface area (Å²) in [6, 6.07) is 0. The van der Waals surface area contributed by atoms with Crippen molar-refractivity contribution < 1.29 is 31.8 Å². The van der Waals surface area contributed by atoms with Crippen molar-refractivity contribution >= 4 is 62.2 Å². The highest BCUT2D eigenvalue weighted by molar-refractivity contribution is 8.44. The van der Waals surface area contributed by atoms with Crippen molar-refractivity contribution in [3.8, 4) is 0 Å². The first-order valence-electron chi connectivity index (χ1n) is 11.6. The first-order valence-corrected chi connectivity index (χ1v) is 15.1. The van der Waals surface area contributed by atoms with Crippen LogP contribution < -0.4 is 17.0 Å². The largest absolute Gasteiger partial charge is 0.387 e. The van der Waals surface area contributed by atoms with Crippen LogP contribution in [-0.2, 0) is 40.5 Å². The number of rotatable bonds is 11. The van der Waals surface area contributed by atoms with Crippen LogP contribution in [0.4, 0.5) is 16.2 Å². The summed E-state index contributed by atoms with van der Waals surface area (Å²) in [5, 5.41) is 0. The van der Waals surface area contributed by atoms with Gasteiger partial charge in [0.25, 0.3) is 5.56 Å². The number of nitrogens with two attached hydrogens (primary N) is 2. The van der Waals surface area contributed by atoms with E-state index in [-0.39, 0.29) is 62.1 Å². The van der Waals surface area contributed by atoms with E-state index in [2.05, 4.69) is 42.2 Å². The molecule has 0 saturated carbocycles. The van der Waals surface area contributed by atoms with Gasteiger partial charge in [-0.3, -0.25) is 23.4 Å². The Morgan fingerprint density at radius 1 is 1.25 bits per heavy atom. The maximum Gasteiger partial charge on any atom is 0.387 e. The smallest absolute Gasteiger partial charge is 0.382 e. The van der Waals surface area contributed by atoms with Crippen molar-refractivity contribution in [1.29, 1.82) is 0 Å². The molecule has 216 valence electrons. The van der Waals surface area contributed by atoms with E-state index < -0.39 is 43.6 Å². The number of nitrogens with one attached hydrogen (secondary N) is 1. The van der Waals surface area contributed by atoms with Crippen LogP contribution in [-0.4, -0.2) is 71.1 Å². The Morgan fingerprint density at radius 3 is 2.83 bits per heavy atom. The van der Waals surface area contributed by atoms with Crippen molar-refractivity contribution in [3.63, 3.8) is 0 Å². The molecule has 0 amide bonds. The zero-order chi connectivity index (χ0) is 28.6. The molecule has 3 unspecified atom stereocenters. The molecule has 5 heterocycles. The molecule has 1 aliphatic rings. The molecule has 17 nitrogen and oxygen atoms in total. The van der Waals surface area contributed by atoms with Gasteiger partial charge in [0.05, 0.1) is 19.0 Å². The zero-order valence-electron chi connectivity index (χ0n) is 21.0. The Labute approximate surface area is 231 Å². The van der Waals surface area contributed by atoms with Crippen molar-refractivity contribution in [3.05, 3.63) is 28.8 Å². The molecule has 6 atom stereocenters. The Kier molecular flexibility index (Phi) is 8.35. The van der Waals surface area contributed by atoms with E-state index in [9.17, 15) is 9.36 Å². The minimum absolute atomic E-state index is 0.0212. The van der Waals surface area contributed by atoms with Crippen molar-refractivity contribution in [2.75, 3.05) is 25.2 Å². The number of anilines is 2. The van der Waals surface area contributed by atoms with Gasteiger partial charge in [-0.1, -0.05) is 12.2 Å². The minimum Gasteiger partial charge on any atom is -0.382 e. The van der Waals surface area contributed by atoms with Crippen molar-refractivity contribution in [1.82, 2.24) is 39.0 Å². The monoisotopic (exact) mass is 618 g/mol. The van der Waals surface area contributed by atoms with Crippen LogP contribution in [0.1, 0.15) is 19.0 Å². The molecule has 1 fully saturated rings. The number of H-pyrrole nitrogens is 1. The highest BCUT2D eigenvalue weighted by atomic mass is 32.7. The third-order valence-corrected chi connectivity index (χ3v) is 8.02. The molecule has 5 N–H and O–H groups in total. The Hall–Kier alpha value is -2.76. The molecule has 4 aromatic heterocycles. The van der Waals surface area contributed by atoms with E-state index in [1.807, 2.05) is 0 Å². The fraction of sp³-hybridized carbons (Fsp3) is 0.474. The number of imidazole rings is 2. The van der Waals surface area contributed by atoms with Gasteiger partial charge >= 0.3 is 6.80 Å². The summed E-state index contributed by atoms with van der Waals surface area (Å²) in [6.45, 7) is -2.84. The number of hydrogen-bond donors (Lipinski definition) is 4. The number of aromatic amines is 1. The molecule has 5 rings (SSSR count). The lowest BCUT2D eigenvalue weighted by Gasteiger charge is -2.24. The molecule has 0 radical (unpaired) electrons. The molecule has 40 heavy (non-hydrogen) atoms. The van der Waals surface area contributed by atoms with E-state index in [1.54, 1.807) is 0 Å². The summed E-state index contributed by atoms with van der Waals surface area (Å²) in [4.78, 5) is 35.3. The standard InChI is InChI=1S/C19H25FN10O7P2S/c1-8-10(20)13(18(36-8)30-7-25-11-14(21)23-6-24-15(11)30)37-39(32,40)35-5-9-26-12-16(27-19(22)28-17(12)31)29(9)3-4-34-38-33-2/h6-8,10,13,18,38H,3-5H2,1-2H3,(H,32,40)(H2,21,23,24)(H3,22,27,28,31)/t8-,10-,13-,18?,39?/m1/s1. The van der Waals surface area contributed by atoms with Gasteiger partial charge in [-0.15, -0.1) is 0 Å². The predicted molar refractivity (Wildman–Crippen MR) is 144 cm³/mol. The average molecular weight is 618 g/mol. The second-order valence-electron chi connectivity index (χ2n) is 8.51. The Balaban J connectivity index is 1.38. The number of fused-ring (bicyclic) bond motifs is 2. The maximum atomic E-state index is 15.2. The van der Waals surface area contributed by atoms with Crippen molar-refractivity contribution in [2.45, 2.75) is 44.7 Å². The second kappa shape index (κ2) is 11.6. The van der Waals surface area contributed by atoms with Gasteiger partial charge in [-0.25, -0.2) is 28.9 Å². The number of hydrogen-bond acceptors (Lipinski definition) is 14. The van der Waals surface area contributed by atoms with Crippen LogP contribution >= 0.6 is 28.1 Å². The summed E-state index contributed by atoms with van der Waals surface area (Å²) >= 11 is 4.06. The summed E-state index contributed by atoms with van der Waals surface area (Å²) in [5.74, 6) is 0.153. The molecule has 1 saturated heterocycles. The van der Waals surface area contributed by atoms with Gasteiger partial charge in [0.2, 0.25) is 5.95 Å². The first kappa shape index (κ1) is 28.8. The maximum absolute atomic E-state index is 15.2.